The number of amides is 1. The van der Waals surface area contributed by atoms with Crippen molar-refractivity contribution >= 4 is 5.91 Å². The normalized spacial score (nSPS) is 32.4. The van der Waals surface area contributed by atoms with Crippen LogP contribution in [0.5, 0.6) is 0 Å². The summed E-state index contributed by atoms with van der Waals surface area (Å²) in [6.45, 7) is 3.37. The van der Waals surface area contributed by atoms with E-state index in [1.54, 1.807) is 0 Å². The van der Waals surface area contributed by atoms with E-state index in [9.17, 15) is 4.79 Å². The highest BCUT2D eigenvalue weighted by atomic mass is 16.5. The number of nitrogens with one attached hydrogen (secondary N) is 2. The van der Waals surface area contributed by atoms with Crippen LogP contribution in [0.2, 0.25) is 0 Å². The lowest BCUT2D eigenvalue weighted by Crippen LogP contribution is -2.52. The summed E-state index contributed by atoms with van der Waals surface area (Å²) in [5, 5.41) is 6.40. The maximum atomic E-state index is 12.3. The minimum Gasteiger partial charge on any atom is -0.379 e. The van der Waals surface area contributed by atoms with Crippen LogP contribution in [-0.4, -0.2) is 37.7 Å². The molecule has 2 fully saturated rings. The van der Waals surface area contributed by atoms with Crippen LogP contribution in [0.25, 0.3) is 0 Å². The van der Waals surface area contributed by atoms with Crippen molar-refractivity contribution in [3.05, 3.63) is 0 Å². The molecule has 4 heteroatoms. The number of rotatable bonds is 3. The summed E-state index contributed by atoms with van der Waals surface area (Å²) >= 11 is 0. The van der Waals surface area contributed by atoms with E-state index in [0.717, 1.165) is 12.8 Å². The first-order valence-electron chi connectivity index (χ1n) is 6.72. The van der Waals surface area contributed by atoms with Gasteiger partial charge in [0.1, 0.15) is 0 Å². The van der Waals surface area contributed by atoms with Gasteiger partial charge in [0.15, 0.2) is 0 Å². The van der Waals surface area contributed by atoms with Gasteiger partial charge < -0.3 is 15.4 Å². The van der Waals surface area contributed by atoms with Gasteiger partial charge >= 0.3 is 0 Å². The fourth-order valence-electron chi connectivity index (χ4n) is 2.94. The quantitative estimate of drug-likeness (QED) is 0.775. The van der Waals surface area contributed by atoms with Gasteiger partial charge in [-0.15, -0.1) is 0 Å². The maximum Gasteiger partial charge on any atom is 0.227 e. The van der Waals surface area contributed by atoms with Crippen LogP contribution in [0, 0.1) is 5.92 Å². The largest absolute Gasteiger partial charge is 0.379 e. The third-order valence-electron chi connectivity index (χ3n) is 4.17. The van der Waals surface area contributed by atoms with Gasteiger partial charge in [0, 0.05) is 11.6 Å². The monoisotopic (exact) mass is 240 g/mol. The fourth-order valence-corrected chi connectivity index (χ4v) is 2.94. The van der Waals surface area contributed by atoms with Crippen molar-refractivity contribution in [3.8, 4) is 0 Å². The summed E-state index contributed by atoms with van der Waals surface area (Å²) in [5.74, 6) is 0.130. The lowest BCUT2D eigenvalue weighted by molar-refractivity contribution is -0.127. The second kappa shape index (κ2) is 5.36. The van der Waals surface area contributed by atoms with E-state index >= 15 is 0 Å². The molecule has 4 nitrogen and oxygen atoms in total. The number of carbonyl (C=O) groups excluding carboxylic acids is 1. The van der Waals surface area contributed by atoms with Gasteiger partial charge in [-0.05, 0) is 26.8 Å². The molecule has 17 heavy (non-hydrogen) atoms. The van der Waals surface area contributed by atoms with Crippen molar-refractivity contribution in [1.29, 1.82) is 0 Å². The summed E-state index contributed by atoms with van der Waals surface area (Å²) in [6.07, 6.45) is 5.98. The standard InChI is InChI=1S/C13H24N2O2/c1-13(6-4-3-5-7-13)15-12(16)10-8-17-9-11(10)14-2/h10-11,14H,3-9H2,1-2H3,(H,15,16). The second-order valence-electron chi connectivity index (χ2n) is 5.65. The average molecular weight is 240 g/mol. The predicted molar refractivity (Wildman–Crippen MR) is 66.8 cm³/mol. The molecule has 1 saturated heterocycles. The van der Waals surface area contributed by atoms with Crippen molar-refractivity contribution in [2.24, 2.45) is 5.92 Å². The molecule has 1 amide bonds. The molecular weight excluding hydrogens is 216 g/mol. The van der Waals surface area contributed by atoms with E-state index in [2.05, 4.69) is 17.6 Å². The number of carbonyl (C=O) groups is 1. The lowest BCUT2D eigenvalue weighted by Gasteiger charge is -2.35. The maximum absolute atomic E-state index is 12.3. The van der Waals surface area contributed by atoms with Crippen LogP contribution >= 0.6 is 0 Å². The smallest absolute Gasteiger partial charge is 0.227 e. The zero-order valence-corrected chi connectivity index (χ0v) is 10.9. The first kappa shape index (κ1) is 12.8. The van der Waals surface area contributed by atoms with Crippen LogP contribution in [0.4, 0.5) is 0 Å². The SMILES string of the molecule is CNC1COCC1C(=O)NC1(C)CCCCC1. The minimum atomic E-state index is -0.0289. The van der Waals surface area contributed by atoms with Gasteiger partial charge in [-0.2, -0.15) is 0 Å². The van der Waals surface area contributed by atoms with Crippen LogP contribution in [0.15, 0.2) is 0 Å². The molecule has 2 rings (SSSR count). The minimum absolute atomic E-state index is 0.0101. The number of ether oxygens (including phenoxy) is 1. The van der Waals surface area contributed by atoms with Gasteiger partial charge in [0.25, 0.3) is 0 Å². The summed E-state index contributed by atoms with van der Waals surface area (Å²) in [5.41, 5.74) is 0.0101. The first-order chi connectivity index (χ1) is 8.14. The molecule has 0 radical (unpaired) electrons. The Hall–Kier alpha value is -0.610. The Morgan fingerprint density at radius 2 is 1.94 bits per heavy atom. The van der Waals surface area contributed by atoms with E-state index in [1.807, 2.05) is 7.05 Å². The molecule has 2 atom stereocenters. The molecule has 2 aliphatic rings. The van der Waals surface area contributed by atoms with Crippen molar-refractivity contribution in [1.82, 2.24) is 10.6 Å². The summed E-state index contributed by atoms with van der Waals surface area (Å²) in [7, 11) is 1.89. The van der Waals surface area contributed by atoms with Crippen molar-refractivity contribution in [2.45, 2.75) is 50.6 Å². The third-order valence-corrected chi connectivity index (χ3v) is 4.17. The van der Waals surface area contributed by atoms with Crippen LogP contribution < -0.4 is 10.6 Å². The molecule has 0 aromatic carbocycles. The molecule has 2 unspecified atom stereocenters. The van der Waals surface area contributed by atoms with E-state index in [-0.39, 0.29) is 23.4 Å². The van der Waals surface area contributed by atoms with Gasteiger partial charge in [0.05, 0.1) is 19.1 Å². The zero-order valence-electron chi connectivity index (χ0n) is 10.9. The molecule has 2 N–H and O–H groups in total. The molecule has 0 aromatic rings. The molecule has 0 bridgehead atoms. The topological polar surface area (TPSA) is 50.4 Å². The molecule has 0 spiro atoms. The fraction of sp³-hybridized carbons (Fsp3) is 0.923. The highest BCUT2D eigenvalue weighted by Gasteiger charge is 2.37. The average Bonchev–Trinajstić information content (AvgIpc) is 2.77. The van der Waals surface area contributed by atoms with Crippen molar-refractivity contribution < 1.29 is 9.53 Å². The second-order valence-corrected chi connectivity index (χ2v) is 5.65. The summed E-state index contributed by atoms with van der Waals surface area (Å²) < 4.78 is 5.38. The Morgan fingerprint density at radius 3 is 2.59 bits per heavy atom. The van der Waals surface area contributed by atoms with Gasteiger partial charge in [0.2, 0.25) is 5.91 Å². The molecule has 1 aliphatic carbocycles. The molecule has 1 heterocycles. The van der Waals surface area contributed by atoms with E-state index in [4.69, 9.17) is 4.74 Å². The van der Waals surface area contributed by atoms with Crippen molar-refractivity contribution in [3.63, 3.8) is 0 Å². The molecule has 98 valence electrons. The highest BCUT2D eigenvalue weighted by Crippen LogP contribution is 2.28. The van der Waals surface area contributed by atoms with E-state index in [1.165, 1.54) is 19.3 Å². The number of likely N-dealkylation sites (N-methyl/N-ethyl adjacent to an activating group) is 1. The van der Waals surface area contributed by atoms with E-state index < -0.39 is 0 Å². The Morgan fingerprint density at radius 1 is 1.24 bits per heavy atom. The summed E-state index contributed by atoms with van der Waals surface area (Å²) in [4.78, 5) is 12.3. The van der Waals surface area contributed by atoms with Gasteiger partial charge in [-0.1, -0.05) is 19.3 Å². The Labute approximate surface area is 103 Å². The van der Waals surface area contributed by atoms with Crippen molar-refractivity contribution in [2.75, 3.05) is 20.3 Å². The molecule has 0 aromatic heterocycles. The highest BCUT2D eigenvalue weighted by molar-refractivity contribution is 5.80. The lowest BCUT2D eigenvalue weighted by atomic mass is 9.83. The first-order valence-corrected chi connectivity index (χ1v) is 6.72. The summed E-state index contributed by atoms with van der Waals surface area (Å²) in [6, 6.07) is 0.169. The molecule has 1 aliphatic heterocycles. The van der Waals surface area contributed by atoms with Gasteiger partial charge in [-0.25, -0.2) is 0 Å². The third kappa shape index (κ3) is 2.99. The van der Waals surface area contributed by atoms with Crippen LogP contribution in [0.3, 0.4) is 0 Å². The van der Waals surface area contributed by atoms with Crippen LogP contribution in [0.1, 0.15) is 39.0 Å². The number of hydrogen-bond acceptors (Lipinski definition) is 3. The molecule has 1 saturated carbocycles. The van der Waals surface area contributed by atoms with E-state index in [0.29, 0.717) is 13.2 Å². The predicted octanol–water partition coefficient (Wildman–Crippen LogP) is 1.06. The van der Waals surface area contributed by atoms with Gasteiger partial charge in [-0.3, -0.25) is 4.79 Å². The van der Waals surface area contributed by atoms with Crippen LogP contribution in [-0.2, 0) is 9.53 Å². The Kier molecular flexibility index (Phi) is 4.05. The molecular formula is C13H24N2O2. The number of hydrogen-bond donors (Lipinski definition) is 2. The Bertz CT molecular complexity index is 275. The zero-order chi connectivity index (χ0) is 12.3. The Balaban J connectivity index is 1.91.